The summed E-state index contributed by atoms with van der Waals surface area (Å²) in [6.45, 7) is 5.37. The molecule has 1 rings (SSSR count). The molecule has 1 atom stereocenters. The van der Waals surface area contributed by atoms with Crippen molar-refractivity contribution in [2.45, 2.75) is 32.4 Å². The molecular weight excluding hydrogens is 242 g/mol. The molecule has 0 fully saturated rings. The number of benzene rings is 1. The molecule has 1 amide bonds. The molecule has 1 aromatic rings. The molecule has 0 radical (unpaired) electrons. The molecule has 1 aromatic carbocycles. The van der Waals surface area contributed by atoms with Gasteiger partial charge in [0.15, 0.2) is 0 Å². The van der Waals surface area contributed by atoms with E-state index < -0.39 is 11.7 Å². The first-order chi connectivity index (χ1) is 8.92. The quantitative estimate of drug-likeness (QED) is 0.821. The lowest BCUT2D eigenvalue weighted by Gasteiger charge is -2.22. The van der Waals surface area contributed by atoms with Crippen LogP contribution in [-0.2, 0) is 4.74 Å². The standard InChI is InChI=1S/C15H21NO3/c1-15(2,3)19-14(18)16-13(10-7-11-17)12-8-5-4-6-9-12/h4-10,13,17H,11H2,1-3H3,(H,16,18)/b10-7+. The summed E-state index contributed by atoms with van der Waals surface area (Å²) in [6, 6.07) is 9.19. The topological polar surface area (TPSA) is 58.6 Å². The maximum atomic E-state index is 11.8. The second kappa shape index (κ2) is 6.95. The van der Waals surface area contributed by atoms with Crippen molar-refractivity contribution in [1.82, 2.24) is 5.32 Å². The summed E-state index contributed by atoms with van der Waals surface area (Å²) in [6.07, 6.45) is 2.85. The van der Waals surface area contributed by atoms with Gasteiger partial charge in [0.25, 0.3) is 0 Å². The minimum Gasteiger partial charge on any atom is -0.444 e. The molecule has 0 aromatic heterocycles. The highest BCUT2D eigenvalue weighted by Gasteiger charge is 2.18. The van der Waals surface area contributed by atoms with Crippen LogP contribution in [0, 0.1) is 0 Å². The molecular formula is C15H21NO3. The number of rotatable bonds is 4. The zero-order valence-electron chi connectivity index (χ0n) is 11.6. The minimum atomic E-state index is -0.536. The number of ether oxygens (including phenoxy) is 1. The Hall–Kier alpha value is -1.81. The lowest BCUT2D eigenvalue weighted by molar-refractivity contribution is 0.0513. The number of aliphatic hydroxyl groups excluding tert-OH is 1. The Morgan fingerprint density at radius 2 is 2.00 bits per heavy atom. The van der Waals surface area contributed by atoms with Gasteiger partial charge in [-0.2, -0.15) is 0 Å². The third kappa shape index (κ3) is 6.06. The van der Waals surface area contributed by atoms with Crippen LogP contribution in [0.1, 0.15) is 32.4 Å². The van der Waals surface area contributed by atoms with Crippen molar-refractivity contribution in [3.63, 3.8) is 0 Å². The van der Waals surface area contributed by atoms with Gasteiger partial charge in [-0.05, 0) is 26.3 Å². The molecule has 0 spiro atoms. The Morgan fingerprint density at radius 3 is 2.53 bits per heavy atom. The van der Waals surface area contributed by atoms with Gasteiger partial charge < -0.3 is 15.2 Å². The number of nitrogens with one attached hydrogen (secondary N) is 1. The predicted molar refractivity (Wildman–Crippen MR) is 74.8 cm³/mol. The molecule has 1 unspecified atom stereocenters. The first kappa shape index (κ1) is 15.2. The van der Waals surface area contributed by atoms with Crippen LogP contribution in [0.25, 0.3) is 0 Å². The van der Waals surface area contributed by atoms with Crippen LogP contribution in [0.2, 0.25) is 0 Å². The number of carbonyl (C=O) groups excluding carboxylic acids is 1. The zero-order valence-corrected chi connectivity index (χ0v) is 11.6. The third-order valence-corrected chi connectivity index (χ3v) is 2.26. The fourth-order valence-corrected chi connectivity index (χ4v) is 1.53. The molecule has 4 heteroatoms. The summed E-state index contributed by atoms with van der Waals surface area (Å²) in [5.74, 6) is 0. The van der Waals surface area contributed by atoms with Gasteiger partial charge in [0.2, 0.25) is 0 Å². The second-order valence-electron chi connectivity index (χ2n) is 5.15. The summed E-state index contributed by atoms with van der Waals surface area (Å²) < 4.78 is 5.22. The van der Waals surface area contributed by atoms with Gasteiger partial charge in [0.1, 0.15) is 5.60 Å². The van der Waals surface area contributed by atoms with Crippen LogP contribution in [0.5, 0.6) is 0 Å². The molecule has 0 aliphatic rings. The Labute approximate surface area is 114 Å². The van der Waals surface area contributed by atoms with E-state index >= 15 is 0 Å². The van der Waals surface area contributed by atoms with Crippen molar-refractivity contribution in [1.29, 1.82) is 0 Å². The Bertz CT molecular complexity index is 421. The smallest absolute Gasteiger partial charge is 0.408 e. The van der Waals surface area contributed by atoms with Crippen molar-refractivity contribution in [2.75, 3.05) is 6.61 Å². The average Bonchev–Trinajstić information content (AvgIpc) is 2.33. The Kier molecular flexibility index (Phi) is 5.57. The first-order valence-corrected chi connectivity index (χ1v) is 6.24. The van der Waals surface area contributed by atoms with E-state index in [1.807, 2.05) is 51.1 Å². The molecule has 104 valence electrons. The van der Waals surface area contributed by atoms with Gasteiger partial charge in [-0.1, -0.05) is 42.5 Å². The van der Waals surface area contributed by atoms with E-state index in [-0.39, 0.29) is 12.6 Å². The van der Waals surface area contributed by atoms with Crippen molar-refractivity contribution < 1.29 is 14.6 Å². The van der Waals surface area contributed by atoms with Crippen molar-refractivity contribution in [2.24, 2.45) is 0 Å². The summed E-state index contributed by atoms with van der Waals surface area (Å²) in [5, 5.41) is 11.6. The SMILES string of the molecule is CC(C)(C)OC(=O)NC(/C=C/CO)c1ccccc1. The highest BCUT2D eigenvalue weighted by atomic mass is 16.6. The minimum absolute atomic E-state index is 0.0701. The molecule has 0 bridgehead atoms. The summed E-state index contributed by atoms with van der Waals surface area (Å²) in [5.41, 5.74) is 0.393. The number of hydrogen-bond acceptors (Lipinski definition) is 3. The van der Waals surface area contributed by atoms with Crippen LogP contribution in [-0.4, -0.2) is 23.4 Å². The number of aliphatic hydroxyl groups is 1. The number of hydrogen-bond donors (Lipinski definition) is 2. The highest BCUT2D eigenvalue weighted by molar-refractivity contribution is 5.68. The zero-order chi connectivity index (χ0) is 14.3. The molecule has 0 saturated heterocycles. The lowest BCUT2D eigenvalue weighted by Crippen LogP contribution is -2.34. The van der Waals surface area contributed by atoms with Gasteiger partial charge in [-0.15, -0.1) is 0 Å². The largest absolute Gasteiger partial charge is 0.444 e. The van der Waals surface area contributed by atoms with E-state index in [0.29, 0.717) is 0 Å². The van der Waals surface area contributed by atoms with Crippen LogP contribution in [0.15, 0.2) is 42.5 Å². The van der Waals surface area contributed by atoms with Crippen LogP contribution in [0.4, 0.5) is 4.79 Å². The van der Waals surface area contributed by atoms with Gasteiger partial charge in [0, 0.05) is 0 Å². The molecule has 2 N–H and O–H groups in total. The summed E-state index contributed by atoms with van der Waals surface area (Å²) >= 11 is 0. The Balaban J connectivity index is 2.76. The molecule has 0 aliphatic carbocycles. The van der Waals surface area contributed by atoms with Crippen molar-refractivity contribution in [3.8, 4) is 0 Å². The molecule has 0 heterocycles. The van der Waals surface area contributed by atoms with Crippen LogP contribution >= 0.6 is 0 Å². The predicted octanol–water partition coefficient (Wildman–Crippen LogP) is 2.80. The number of amides is 1. The monoisotopic (exact) mass is 263 g/mol. The van der Waals surface area contributed by atoms with Crippen LogP contribution in [0.3, 0.4) is 0 Å². The summed E-state index contributed by atoms with van der Waals surface area (Å²) in [4.78, 5) is 11.8. The van der Waals surface area contributed by atoms with E-state index in [0.717, 1.165) is 5.56 Å². The molecule has 4 nitrogen and oxygen atoms in total. The Morgan fingerprint density at radius 1 is 1.37 bits per heavy atom. The van der Waals surface area contributed by atoms with E-state index in [9.17, 15) is 4.79 Å². The van der Waals surface area contributed by atoms with Crippen molar-refractivity contribution in [3.05, 3.63) is 48.0 Å². The highest BCUT2D eigenvalue weighted by Crippen LogP contribution is 2.15. The van der Waals surface area contributed by atoms with E-state index in [1.165, 1.54) is 0 Å². The molecule has 19 heavy (non-hydrogen) atoms. The van der Waals surface area contributed by atoms with E-state index in [1.54, 1.807) is 12.2 Å². The normalized spacial score (nSPS) is 13.3. The van der Waals surface area contributed by atoms with Gasteiger partial charge >= 0.3 is 6.09 Å². The van der Waals surface area contributed by atoms with Gasteiger partial charge in [0.05, 0.1) is 12.6 Å². The fraction of sp³-hybridized carbons (Fsp3) is 0.400. The van der Waals surface area contributed by atoms with Gasteiger partial charge in [-0.3, -0.25) is 0 Å². The fourth-order valence-electron chi connectivity index (χ4n) is 1.53. The van der Waals surface area contributed by atoms with Gasteiger partial charge in [-0.25, -0.2) is 4.79 Å². The first-order valence-electron chi connectivity index (χ1n) is 6.24. The number of alkyl carbamates (subject to hydrolysis) is 1. The third-order valence-electron chi connectivity index (χ3n) is 2.26. The van der Waals surface area contributed by atoms with E-state index in [4.69, 9.17) is 9.84 Å². The molecule has 0 saturated carbocycles. The van der Waals surface area contributed by atoms with Crippen LogP contribution < -0.4 is 5.32 Å². The summed E-state index contributed by atoms with van der Waals surface area (Å²) in [7, 11) is 0. The molecule has 0 aliphatic heterocycles. The van der Waals surface area contributed by atoms with E-state index in [2.05, 4.69) is 5.32 Å². The lowest BCUT2D eigenvalue weighted by atomic mass is 10.1. The maximum absolute atomic E-state index is 11.8. The second-order valence-corrected chi connectivity index (χ2v) is 5.15. The van der Waals surface area contributed by atoms with Crippen molar-refractivity contribution >= 4 is 6.09 Å². The number of carbonyl (C=O) groups is 1. The maximum Gasteiger partial charge on any atom is 0.408 e. The average molecular weight is 263 g/mol.